The van der Waals surface area contributed by atoms with Crippen LogP contribution in [0.1, 0.15) is 18.5 Å². The molecule has 0 saturated heterocycles. The Morgan fingerprint density at radius 1 is 1.04 bits per heavy atom. The predicted octanol–water partition coefficient (Wildman–Crippen LogP) is 4.25. The van der Waals surface area contributed by atoms with Gasteiger partial charge in [0.2, 0.25) is 5.95 Å². The first-order valence-electron chi connectivity index (χ1n) is 8.07. The van der Waals surface area contributed by atoms with E-state index in [0.717, 1.165) is 27.8 Å². The van der Waals surface area contributed by atoms with Gasteiger partial charge in [-0.25, -0.2) is 9.97 Å². The summed E-state index contributed by atoms with van der Waals surface area (Å²) in [6.45, 7) is 1.95. The Morgan fingerprint density at radius 3 is 2.72 bits per heavy atom. The Morgan fingerprint density at radius 2 is 1.92 bits per heavy atom. The van der Waals surface area contributed by atoms with Gasteiger partial charge in [0.15, 0.2) is 0 Å². The van der Waals surface area contributed by atoms with Gasteiger partial charge in [-0.15, -0.1) is 0 Å². The fourth-order valence-corrected chi connectivity index (χ4v) is 2.94. The second kappa shape index (κ2) is 6.11. The van der Waals surface area contributed by atoms with Crippen molar-refractivity contribution in [1.29, 1.82) is 0 Å². The third-order valence-corrected chi connectivity index (χ3v) is 4.29. The lowest BCUT2D eigenvalue weighted by Crippen LogP contribution is -2.04. The average Bonchev–Trinajstić information content (AvgIpc) is 3.05. The van der Waals surface area contributed by atoms with Gasteiger partial charge in [-0.3, -0.25) is 4.57 Å². The van der Waals surface area contributed by atoms with Crippen molar-refractivity contribution in [3.8, 4) is 16.8 Å². The largest absolute Gasteiger partial charge is 0.324 e. The molecule has 0 aliphatic carbocycles. The predicted molar refractivity (Wildman–Crippen MR) is 96.9 cm³/mol. The number of rotatable bonds is 3. The molecule has 5 heteroatoms. The van der Waals surface area contributed by atoms with Gasteiger partial charge in [0.1, 0.15) is 6.33 Å². The van der Waals surface area contributed by atoms with Crippen LogP contribution in [0.25, 0.3) is 27.8 Å². The van der Waals surface area contributed by atoms with Crippen molar-refractivity contribution >= 4 is 11.0 Å². The molecule has 0 fully saturated rings. The maximum absolute atomic E-state index is 14.0. The number of pyridine rings is 1. The highest BCUT2D eigenvalue weighted by molar-refractivity contribution is 5.79. The highest BCUT2D eigenvalue weighted by Crippen LogP contribution is 2.26. The van der Waals surface area contributed by atoms with Crippen molar-refractivity contribution in [3.05, 3.63) is 78.6 Å². The normalized spacial score (nSPS) is 12.4. The zero-order chi connectivity index (χ0) is 17.4. The molecule has 4 nitrogen and oxygen atoms in total. The van der Waals surface area contributed by atoms with E-state index < -0.39 is 5.95 Å². The molecule has 4 aromatic rings. The van der Waals surface area contributed by atoms with Crippen molar-refractivity contribution in [3.63, 3.8) is 0 Å². The number of fused-ring (bicyclic) bond motifs is 1. The Kier molecular flexibility index (Phi) is 3.78. The molecule has 2 heterocycles. The number of halogens is 1. The number of nitrogens with zero attached hydrogens (tertiary/aromatic N) is 3. The van der Waals surface area contributed by atoms with Crippen LogP contribution in [0, 0.1) is 5.95 Å². The Labute approximate surface area is 144 Å². The van der Waals surface area contributed by atoms with Crippen molar-refractivity contribution < 1.29 is 4.39 Å². The van der Waals surface area contributed by atoms with Crippen molar-refractivity contribution in [2.45, 2.75) is 13.0 Å². The fraction of sp³-hybridized carbons (Fsp3) is 0.100. The Hall–Kier alpha value is -3.05. The molecule has 0 bridgehead atoms. The Balaban J connectivity index is 1.82. The van der Waals surface area contributed by atoms with E-state index in [0.29, 0.717) is 5.56 Å². The molecule has 124 valence electrons. The lowest BCUT2D eigenvalue weighted by Gasteiger charge is -2.09. The summed E-state index contributed by atoms with van der Waals surface area (Å²) < 4.78 is 16.0. The maximum atomic E-state index is 14.0. The van der Waals surface area contributed by atoms with Gasteiger partial charge in [-0.05, 0) is 54.4 Å². The van der Waals surface area contributed by atoms with Gasteiger partial charge in [0.05, 0.1) is 11.0 Å². The van der Waals surface area contributed by atoms with Gasteiger partial charge >= 0.3 is 0 Å². The summed E-state index contributed by atoms with van der Waals surface area (Å²) in [5, 5.41) is 0. The highest BCUT2D eigenvalue weighted by atomic mass is 19.1. The monoisotopic (exact) mass is 332 g/mol. The molecule has 2 aromatic carbocycles. The first-order chi connectivity index (χ1) is 12.1. The van der Waals surface area contributed by atoms with Crippen LogP contribution in [0.3, 0.4) is 0 Å². The van der Waals surface area contributed by atoms with E-state index in [9.17, 15) is 4.39 Å². The minimum absolute atomic E-state index is 0.0357. The number of hydrogen-bond donors (Lipinski definition) is 1. The average molecular weight is 332 g/mol. The zero-order valence-electron chi connectivity index (χ0n) is 13.7. The molecule has 4 rings (SSSR count). The van der Waals surface area contributed by atoms with E-state index in [1.54, 1.807) is 18.5 Å². The fourth-order valence-electron chi connectivity index (χ4n) is 2.94. The number of aromatic nitrogens is 3. The SMILES string of the molecule is CC(N)c1ccc2c(c1)ncn2-c1cccc(-c2cccnc2F)c1. The third kappa shape index (κ3) is 2.79. The van der Waals surface area contributed by atoms with Gasteiger partial charge in [0, 0.05) is 23.5 Å². The molecule has 2 aromatic heterocycles. The summed E-state index contributed by atoms with van der Waals surface area (Å²) in [4.78, 5) is 8.21. The summed E-state index contributed by atoms with van der Waals surface area (Å²) >= 11 is 0. The van der Waals surface area contributed by atoms with E-state index in [1.807, 2.05) is 54.0 Å². The quantitative estimate of drug-likeness (QED) is 0.571. The number of benzene rings is 2. The van der Waals surface area contributed by atoms with E-state index in [2.05, 4.69) is 9.97 Å². The molecule has 0 amide bonds. The molecular formula is C20H17FN4. The summed E-state index contributed by atoms with van der Waals surface area (Å²) in [6, 6.07) is 17.1. The topological polar surface area (TPSA) is 56.7 Å². The highest BCUT2D eigenvalue weighted by Gasteiger charge is 2.10. The summed E-state index contributed by atoms with van der Waals surface area (Å²) in [6.07, 6.45) is 3.22. The molecule has 0 spiro atoms. The first-order valence-corrected chi connectivity index (χ1v) is 8.07. The van der Waals surface area contributed by atoms with Crippen LogP contribution in [0.5, 0.6) is 0 Å². The standard InChI is InChI=1S/C20H17FN4/c1-13(22)14-7-8-19-18(11-14)24-12-25(19)16-5-2-4-15(10-16)17-6-3-9-23-20(17)21/h2-13H,22H2,1H3. The summed E-state index contributed by atoms with van der Waals surface area (Å²) in [5.74, 6) is -0.475. The third-order valence-electron chi connectivity index (χ3n) is 4.29. The van der Waals surface area contributed by atoms with Crippen molar-refractivity contribution in [1.82, 2.24) is 14.5 Å². The first kappa shape index (κ1) is 15.5. The molecule has 25 heavy (non-hydrogen) atoms. The molecule has 2 N–H and O–H groups in total. The van der Waals surface area contributed by atoms with E-state index in [4.69, 9.17) is 5.73 Å². The van der Waals surface area contributed by atoms with Crippen molar-refractivity contribution in [2.24, 2.45) is 5.73 Å². The van der Waals surface area contributed by atoms with Gasteiger partial charge in [-0.2, -0.15) is 4.39 Å². The number of hydrogen-bond acceptors (Lipinski definition) is 3. The molecular weight excluding hydrogens is 315 g/mol. The van der Waals surface area contributed by atoms with Crippen LogP contribution in [0.4, 0.5) is 4.39 Å². The molecule has 1 unspecified atom stereocenters. The molecule has 1 atom stereocenters. The zero-order valence-corrected chi connectivity index (χ0v) is 13.7. The molecule has 0 radical (unpaired) electrons. The number of nitrogens with two attached hydrogens (primary N) is 1. The second-order valence-corrected chi connectivity index (χ2v) is 6.04. The lowest BCUT2D eigenvalue weighted by atomic mass is 10.1. The van der Waals surface area contributed by atoms with E-state index in [1.165, 1.54) is 6.20 Å². The van der Waals surface area contributed by atoms with Gasteiger partial charge in [-0.1, -0.05) is 18.2 Å². The van der Waals surface area contributed by atoms with Crippen LogP contribution < -0.4 is 5.73 Å². The minimum Gasteiger partial charge on any atom is -0.324 e. The minimum atomic E-state index is -0.475. The summed E-state index contributed by atoms with van der Waals surface area (Å²) in [5.41, 5.74) is 11.0. The van der Waals surface area contributed by atoms with Crippen LogP contribution in [-0.2, 0) is 0 Å². The molecule has 0 aliphatic rings. The molecule has 0 aliphatic heterocycles. The molecule has 0 saturated carbocycles. The number of imidazole rings is 1. The second-order valence-electron chi connectivity index (χ2n) is 6.04. The van der Waals surface area contributed by atoms with Gasteiger partial charge in [0.25, 0.3) is 0 Å². The smallest absolute Gasteiger partial charge is 0.220 e. The van der Waals surface area contributed by atoms with E-state index in [-0.39, 0.29) is 6.04 Å². The van der Waals surface area contributed by atoms with Crippen molar-refractivity contribution in [2.75, 3.05) is 0 Å². The van der Waals surface area contributed by atoms with Gasteiger partial charge < -0.3 is 5.73 Å². The van der Waals surface area contributed by atoms with Crippen LogP contribution in [0.2, 0.25) is 0 Å². The maximum Gasteiger partial charge on any atom is 0.220 e. The van der Waals surface area contributed by atoms with Crippen LogP contribution >= 0.6 is 0 Å². The summed E-state index contributed by atoms with van der Waals surface area (Å²) in [7, 11) is 0. The lowest BCUT2D eigenvalue weighted by molar-refractivity contribution is 0.587. The Bertz CT molecular complexity index is 1050. The van der Waals surface area contributed by atoms with E-state index >= 15 is 0 Å². The van der Waals surface area contributed by atoms with Crippen LogP contribution in [-0.4, -0.2) is 14.5 Å². The van der Waals surface area contributed by atoms with Crippen LogP contribution in [0.15, 0.2) is 67.1 Å².